The summed E-state index contributed by atoms with van der Waals surface area (Å²) in [5, 5.41) is 0.766. The standard InChI is InChI=1S/C23H25ClN6/c24-19-6-3-7-20(14-19)28-10-12-29(13-11-28)22-21(25)23(27-16-26-22)30-9-8-17-4-1-2-5-18(17)15-30/h1-7,14,16H,8-13,15,25H2. The number of piperazine rings is 1. The minimum Gasteiger partial charge on any atom is -0.393 e. The van der Waals surface area contributed by atoms with Crippen molar-refractivity contribution in [2.24, 2.45) is 0 Å². The lowest BCUT2D eigenvalue weighted by Crippen LogP contribution is -2.47. The Morgan fingerprint density at radius 3 is 2.23 bits per heavy atom. The molecule has 0 radical (unpaired) electrons. The second kappa shape index (κ2) is 8.03. The van der Waals surface area contributed by atoms with Crippen molar-refractivity contribution in [3.05, 3.63) is 71.0 Å². The SMILES string of the molecule is Nc1c(N2CCN(c3cccc(Cl)c3)CC2)ncnc1N1CCc2ccccc2C1. The van der Waals surface area contributed by atoms with Crippen molar-refractivity contribution in [1.82, 2.24) is 9.97 Å². The number of fused-ring (bicyclic) bond motifs is 1. The molecule has 2 N–H and O–H groups in total. The van der Waals surface area contributed by atoms with Gasteiger partial charge in [-0.3, -0.25) is 0 Å². The molecule has 0 amide bonds. The minimum atomic E-state index is 0.674. The van der Waals surface area contributed by atoms with E-state index in [2.05, 4.69) is 55.0 Å². The van der Waals surface area contributed by atoms with Crippen LogP contribution in [0.25, 0.3) is 0 Å². The number of hydrogen-bond donors (Lipinski definition) is 1. The van der Waals surface area contributed by atoms with Crippen molar-refractivity contribution >= 4 is 34.6 Å². The summed E-state index contributed by atoms with van der Waals surface area (Å²) in [7, 11) is 0. The van der Waals surface area contributed by atoms with E-state index in [1.807, 2.05) is 18.2 Å². The largest absolute Gasteiger partial charge is 0.393 e. The number of nitrogens with two attached hydrogens (primary N) is 1. The maximum atomic E-state index is 6.59. The average molecular weight is 421 g/mol. The second-order valence-corrected chi connectivity index (χ2v) is 8.27. The van der Waals surface area contributed by atoms with Crippen LogP contribution in [0.4, 0.5) is 23.0 Å². The minimum absolute atomic E-state index is 0.674. The zero-order valence-corrected chi connectivity index (χ0v) is 17.6. The van der Waals surface area contributed by atoms with Crippen molar-refractivity contribution < 1.29 is 0 Å². The summed E-state index contributed by atoms with van der Waals surface area (Å²) in [6, 6.07) is 16.6. The smallest absolute Gasteiger partial charge is 0.157 e. The van der Waals surface area contributed by atoms with Crippen molar-refractivity contribution in [1.29, 1.82) is 0 Å². The fourth-order valence-corrected chi connectivity index (χ4v) is 4.59. The zero-order valence-electron chi connectivity index (χ0n) is 16.8. The van der Waals surface area contributed by atoms with Crippen LogP contribution >= 0.6 is 11.6 Å². The number of hydrogen-bond acceptors (Lipinski definition) is 6. The first kappa shape index (κ1) is 19.0. The van der Waals surface area contributed by atoms with Crippen LogP contribution in [0.15, 0.2) is 54.9 Å². The molecule has 0 saturated carbocycles. The van der Waals surface area contributed by atoms with Gasteiger partial charge >= 0.3 is 0 Å². The normalized spacial score (nSPS) is 16.5. The molecule has 0 bridgehead atoms. The van der Waals surface area contributed by atoms with E-state index in [1.165, 1.54) is 11.1 Å². The lowest BCUT2D eigenvalue weighted by atomic mass is 10.00. The molecular formula is C23H25ClN6. The van der Waals surface area contributed by atoms with E-state index < -0.39 is 0 Å². The topological polar surface area (TPSA) is 61.5 Å². The van der Waals surface area contributed by atoms with Gasteiger partial charge in [-0.1, -0.05) is 41.9 Å². The Labute approximate surface area is 181 Å². The van der Waals surface area contributed by atoms with Crippen LogP contribution in [0, 0.1) is 0 Å². The molecule has 2 aliphatic heterocycles. The molecule has 0 unspecified atom stereocenters. The van der Waals surface area contributed by atoms with Crippen LogP contribution in [0.5, 0.6) is 0 Å². The van der Waals surface area contributed by atoms with Gasteiger partial charge in [0.2, 0.25) is 0 Å². The van der Waals surface area contributed by atoms with Gasteiger partial charge in [-0.15, -0.1) is 0 Å². The van der Waals surface area contributed by atoms with Crippen LogP contribution in [-0.4, -0.2) is 42.7 Å². The lowest BCUT2D eigenvalue weighted by Gasteiger charge is -2.38. The molecule has 1 saturated heterocycles. The van der Waals surface area contributed by atoms with Gasteiger partial charge in [0.15, 0.2) is 11.6 Å². The maximum Gasteiger partial charge on any atom is 0.157 e. The first-order valence-corrected chi connectivity index (χ1v) is 10.7. The highest BCUT2D eigenvalue weighted by molar-refractivity contribution is 6.30. The Morgan fingerprint density at radius 2 is 1.47 bits per heavy atom. The van der Waals surface area contributed by atoms with Gasteiger partial charge < -0.3 is 20.4 Å². The first-order valence-electron chi connectivity index (χ1n) is 10.4. The Hall–Kier alpha value is -2.99. The third-order valence-electron chi connectivity index (χ3n) is 6.02. The summed E-state index contributed by atoms with van der Waals surface area (Å²) < 4.78 is 0. The van der Waals surface area contributed by atoms with Gasteiger partial charge in [-0.2, -0.15) is 0 Å². The third kappa shape index (κ3) is 3.63. The molecule has 2 aromatic carbocycles. The number of nitrogen functional groups attached to an aromatic ring is 1. The van der Waals surface area contributed by atoms with E-state index in [1.54, 1.807) is 6.33 Å². The highest BCUT2D eigenvalue weighted by atomic mass is 35.5. The summed E-state index contributed by atoms with van der Waals surface area (Å²) in [4.78, 5) is 16.0. The van der Waals surface area contributed by atoms with Crippen molar-refractivity contribution in [2.45, 2.75) is 13.0 Å². The zero-order chi connectivity index (χ0) is 20.5. The first-order chi connectivity index (χ1) is 14.7. The van der Waals surface area contributed by atoms with E-state index in [4.69, 9.17) is 17.3 Å². The summed E-state index contributed by atoms with van der Waals surface area (Å²) in [5.74, 6) is 1.68. The highest BCUT2D eigenvalue weighted by Crippen LogP contribution is 2.33. The third-order valence-corrected chi connectivity index (χ3v) is 6.26. The molecule has 0 aliphatic carbocycles. The lowest BCUT2D eigenvalue weighted by molar-refractivity contribution is 0.646. The molecule has 154 valence electrons. The van der Waals surface area contributed by atoms with E-state index in [-0.39, 0.29) is 0 Å². The number of aromatic nitrogens is 2. The molecule has 0 spiro atoms. The van der Waals surface area contributed by atoms with Gasteiger partial charge in [-0.25, -0.2) is 9.97 Å². The van der Waals surface area contributed by atoms with E-state index in [9.17, 15) is 0 Å². The Kier molecular flexibility index (Phi) is 5.09. The van der Waals surface area contributed by atoms with Crippen LogP contribution in [0.2, 0.25) is 5.02 Å². The number of benzene rings is 2. The summed E-state index contributed by atoms with van der Waals surface area (Å²) in [5.41, 5.74) is 11.2. The molecular weight excluding hydrogens is 396 g/mol. The Morgan fingerprint density at radius 1 is 0.767 bits per heavy atom. The van der Waals surface area contributed by atoms with E-state index >= 15 is 0 Å². The molecule has 0 atom stereocenters. The van der Waals surface area contributed by atoms with Gasteiger partial charge in [0, 0.05) is 50.0 Å². The van der Waals surface area contributed by atoms with Gasteiger partial charge in [0.25, 0.3) is 0 Å². The van der Waals surface area contributed by atoms with E-state index in [0.29, 0.717) is 5.69 Å². The molecule has 2 aliphatic rings. The van der Waals surface area contributed by atoms with Crippen LogP contribution < -0.4 is 20.4 Å². The predicted octanol–water partition coefficient (Wildman–Crippen LogP) is 3.60. The van der Waals surface area contributed by atoms with Crippen LogP contribution in [0.3, 0.4) is 0 Å². The number of rotatable bonds is 3. The summed E-state index contributed by atoms with van der Waals surface area (Å²) in [6.45, 7) is 5.26. The average Bonchev–Trinajstić information content (AvgIpc) is 2.79. The molecule has 30 heavy (non-hydrogen) atoms. The fourth-order valence-electron chi connectivity index (χ4n) is 4.41. The molecule has 6 nitrogen and oxygen atoms in total. The van der Waals surface area contributed by atoms with E-state index in [0.717, 1.165) is 68.0 Å². The fraction of sp³-hybridized carbons (Fsp3) is 0.304. The summed E-state index contributed by atoms with van der Waals surface area (Å²) >= 11 is 6.16. The van der Waals surface area contributed by atoms with Gasteiger partial charge in [-0.05, 0) is 35.7 Å². The monoisotopic (exact) mass is 420 g/mol. The van der Waals surface area contributed by atoms with Gasteiger partial charge in [0.1, 0.15) is 12.0 Å². The Bertz CT molecular complexity index is 1050. The number of anilines is 4. The molecule has 5 rings (SSSR count). The highest BCUT2D eigenvalue weighted by Gasteiger charge is 2.25. The molecule has 3 heterocycles. The second-order valence-electron chi connectivity index (χ2n) is 7.83. The maximum absolute atomic E-state index is 6.59. The van der Waals surface area contributed by atoms with Crippen molar-refractivity contribution in [3.8, 4) is 0 Å². The number of halogens is 1. The van der Waals surface area contributed by atoms with Crippen LogP contribution in [-0.2, 0) is 13.0 Å². The number of nitrogens with zero attached hydrogens (tertiary/aromatic N) is 5. The van der Waals surface area contributed by atoms with Crippen LogP contribution in [0.1, 0.15) is 11.1 Å². The molecule has 3 aromatic rings. The molecule has 1 fully saturated rings. The molecule has 7 heteroatoms. The summed E-state index contributed by atoms with van der Waals surface area (Å²) in [6.07, 6.45) is 2.65. The Balaban J connectivity index is 1.32. The van der Waals surface area contributed by atoms with Crippen molar-refractivity contribution in [3.63, 3.8) is 0 Å². The van der Waals surface area contributed by atoms with Gasteiger partial charge in [0.05, 0.1) is 0 Å². The van der Waals surface area contributed by atoms with Crippen molar-refractivity contribution in [2.75, 3.05) is 53.2 Å². The molecule has 1 aromatic heterocycles. The quantitative estimate of drug-likeness (QED) is 0.698. The predicted molar refractivity (Wildman–Crippen MR) is 124 cm³/mol.